The highest BCUT2D eigenvalue weighted by Gasteiger charge is 2.34. The molecule has 0 aliphatic rings. The Bertz CT molecular complexity index is 782. The van der Waals surface area contributed by atoms with E-state index in [0.29, 0.717) is 5.56 Å². The number of hydrogen-bond acceptors (Lipinski definition) is 1. The van der Waals surface area contributed by atoms with Gasteiger partial charge in [-0.3, -0.25) is 4.79 Å². The fourth-order valence-corrected chi connectivity index (χ4v) is 2.23. The Balaban J connectivity index is 0.000000696. The maximum atomic E-state index is 11.2. The van der Waals surface area contributed by atoms with Crippen molar-refractivity contribution in [3.63, 3.8) is 0 Å². The third kappa shape index (κ3) is 7.70. The van der Waals surface area contributed by atoms with Crippen molar-refractivity contribution in [1.29, 1.82) is 0 Å². The number of amides is 1. The lowest BCUT2D eigenvalue weighted by Crippen LogP contribution is -2.16. The maximum absolute atomic E-state index is 11.2. The lowest BCUT2D eigenvalue weighted by molar-refractivity contribution is 0.1000. The van der Waals surface area contributed by atoms with Crippen LogP contribution in [0.3, 0.4) is 0 Å². The van der Waals surface area contributed by atoms with E-state index in [-0.39, 0.29) is 10.8 Å². The van der Waals surface area contributed by atoms with Gasteiger partial charge in [-0.2, -0.15) is 0 Å². The standard InChI is InChI=1S/C20H25NO2.BF4/c1-19(2,3)16-11-15(12-17(23-16)20(4,5)6)13-7-9-14(10-8-13)18(21)22;2-1(3,4)5/h7-12H,1-6H3,(H-,21,22);/q;-1/p+1. The molecule has 1 aromatic heterocycles. The molecule has 3 nitrogen and oxygen atoms in total. The lowest BCUT2D eigenvalue weighted by Gasteiger charge is -2.15. The number of hydrogen-bond donors (Lipinski definition) is 1. The number of benzene rings is 1. The minimum Gasteiger partial charge on any atom is -0.418 e. The molecule has 0 aliphatic heterocycles. The molecule has 0 unspecified atom stereocenters. The molecule has 28 heavy (non-hydrogen) atoms. The second-order valence-corrected chi connectivity index (χ2v) is 8.51. The molecule has 0 bridgehead atoms. The third-order valence-electron chi connectivity index (χ3n) is 3.77. The molecule has 1 aromatic carbocycles. The van der Waals surface area contributed by atoms with E-state index >= 15 is 0 Å². The fourth-order valence-electron chi connectivity index (χ4n) is 2.23. The van der Waals surface area contributed by atoms with E-state index in [9.17, 15) is 22.1 Å². The minimum absolute atomic E-state index is 0.0802. The molecule has 2 rings (SSSR count). The van der Waals surface area contributed by atoms with Crippen LogP contribution in [0.1, 0.15) is 63.4 Å². The monoisotopic (exact) mass is 399 g/mol. The summed E-state index contributed by atoms with van der Waals surface area (Å²) in [5.74, 6) is 1.48. The zero-order valence-corrected chi connectivity index (χ0v) is 16.9. The number of halogens is 4. The minimum atomic E-state index is -6.00. The van der Waals surface area contributed by atoms with Gasteiger partial charge in [-0.25, -0.2) is 4.42 Å². The summed E-state index contributed by atoms with van der Waals surface area (Å²) >= 11 is 0. The van der Waals surface area contributed by atoms with Crippen molar-refractivity contribution in [1.82, 2.24) is 0 Å². The summed E-state index contributed by atoms with van der Waals surface area (Å²) in [4.78, 5) is 11.2. The quantitative estimate of drug-likeness (QED) is 0.370. The van der Waals surface area contributed by atoms with Gasteiger partial charge in [-0.15, -0.1) is 0 Å². The molecule has 0 radical (unpaired) electrons. The topological polar surface area (TPSA) is 54.4 Å². The first-order valence-electron chi connectivity index (χ1n) is 8.75. The van der Waals surface area contributed by atoms with Crippen molar-refractivity contribution in [3.05, 3.63) is 53.5 Å². The Morgan fingerprint density at radius 3 is 1.46 bits per heavy atom. The van der Waals surface area contributed by atoms with Gasteiger partial charge in [0.05, 0.1) is 10.8 Å². The number of rotatable bonds is 2. The smallest absolute Gasteiger partial charge is 0.418 e. The molecule has 0 saturated carbocycles. The molecule has 1 amide bonds. The molecular weight excluding hydrogens is 373 g/mol. The molecule has 0 fully saturated rings. The van der Waals surface area contributed by atoms with Gasteiger partial charge in [-0.1, -0.05) is 12.1 Å². The van der Waals surface area contributed by atoms with Gasteiger partial charge in [0.25, 0.3) is 0 Å². The molecule has 2 aromatic rings. The number of nitrogens with two attached hydrogens (primary N) is 1. The first kappa shape index (κ1) is 23.7. The highest BCUT2D eigenvalue weighted by molar-refractivity contribution is 6.50. The van der Waals surface area contributed by atoms with Gasteiger partial charge in [0, 0.05) is 17.7 Å². The highest BCUT2D eigenvalue weighted by atomic mass is 19.5. The van der Waals surface area contributed by atoms with E-state index in [4.69, 9.17) is 10.2 Å². The van der Waals surface area contributed by atoms with Crippen LogP contribution < -0.4 is 5.73 Å². The van der Waals surface area contributed by atoms with Crippen molar-refractivity contribution in [2.24, 2.45) is 5.73 Å². The maximum Gasteiger partial charge on any atom is 0.673 e. The molecule has 1 heterocycles. The molecule has 0 saturated heterocycles. The predicted molar refractivity (Wildman–Crippen MR) is 105 cm³/mol. The summed E-state index contributed by atoms with van der Waals surface area (Å²) in [6.45, 7) is 12.8. The van der Waals surface area contributed by atoms with Gasteiger partial charge < -0.3 is 23.0 Å². The van der Waals surface area contributed by atoms with Crippen LogP contribution in [-0.4, -0.2) is 13.2 Å². The van der Waals surface area contributed by atoms with Crippen LogP contribution >= 0.6 is 0 Å². The largest absolute Gasteiger partial charge is 0.673 e. The molecule has 0 aliphatic carbocycles. The fraction of sp³-hybridized carbons (Fsp3) is 0.400. The summed E-state index contributed by atoms with van der Waals surface area (Å²) in [6.07, 6.45) is 0. The Morgan fingerprint density at radius 2 is 1.18 bits per heavy atom. The average molecular weight is 399 g/mol. The van der Waals surface area contributed by atoms with E-state index in [0.717, 1.165) is 22.6 Å². The summed E-state index contributed by atoms with van der Waals surface area (Å²) in [7, 11) is -6.00. The molecule has 0 atom stereocenters. The first-order chi connectivity index (χ1) is 12.5. The molecule has 154 valence electrons. The predicted octanol–water partition coefficient (Wildman–Crippen LogP) is 6.22. The van der Waals surface area contributed by atoms with Crippen molar-refractivity contribution >= 4 is 13.2 Å². The van der Waals surface area contributed by atoms with E-state index in [1.54, 1.807) is 12.1 Å². The Morgan fingerprint density at radius 1 is 0.821 bits per heavy atom. The lowest BCUT2D eigenvalue weighted by atomic mass is 9.87. The first-order valence-corrected chi connectivity index (χ1v) is 8.75. The number of carbonyl (C=O) groups is 1. The SMILES string of the molecule is CC(C)(C)c1cc(-c2ccc(C(N)=O)cc2)cc(C(C)(C)C)[o+]1.F[B-](F)(F)F. The van der Waals surface area contributed by atoms with E-state index in [2.05, 4.69) is 53.7 Å². The van der Waals surface area contributed by atoms with Crippen LogP contribution in [0.2, 0.25) is 0 Å². The Labute approximate surface area is 163 Å². The van der Waals surface area contributed by atoms with Crippen molar-refractivity contribution in [2.45, 2.75) is 52.4 Å². The molecule has 0 spiro atoms. The Kier molecular flexibility index (Phi) is 7.04. The third-order valence-corrected chi connectivity index (χ3v) is 3.77. The second kappa shape index (κ2) is 8.33. The van der Waals surface area contributed by atoms with Gasteiger partial charge in [0.15, 0.2) is 0 Å². The average Bonchev–Trinajstić information content (AvgIpc) is 2.51. The number of primary amides is 1. The summed E-state index contributed by atoms with van der Waals surface area (Å²) in [5.41, 5.74) is 7.79. The molecule has 8 heteroatoms. The second-order valence-electron chi connectivity index (χ2n) is 8.51. The van der Waals surface area contributed by atoms with Gasteiger partial charge >= 0.3 is 18.8 Å². The summed E-state index contributed by atoms with van der Waals surface area (Å²) in [5, 5.41) is 0. The van der Waals surface area contributed by atoms with Crippen LogP contribution in [0.5, 0.6) is 0 Å². The van der Waals surface area contributed by atoms with Gasteiger partial charge in [0.2, 0.25) is 5.91 Å². The van der Waals surface area contributed by atoms with Gasteiger partial charge in [-0.05, 0) is 64.8 Å². The van der Waals surface area contributed by atoms with Crippen molar-refractivity contribution in [3.8, 4) is 11.1 Å². The van der Waals surface area contributed by atoms with E-state index in [1.165, 1.54) is 0 Å². The van der Waals surface area contributed by atoms with Crippen LogP contribution in [0.4, 0.5) is 17.3 Å². The Hall–Kier alpha value is -2.38. The van der Waals surface area contributed by atoms with Crippen molar-refractivity contribution in [2.75, 3.05) is 0 Å². The summed E-state index contributed by atoms with van der Waals surface area (Å²) < 4.78 is 45.2. The van der Waals surface area contributed by atoms with Crippen LogP contribution in [0.15, 0.2) is 40.8 Å². The van der Waals surface area contributed by atoms with E-state index < -0.39 is 13.2 Å². The van der Waals surface area contributed by atoms with Crippen molar-refractivity contribution < 1.29 is 26.5 Å². The summed E-state index contributed by atoms with van der Waals surface area (Å²) in [6, 6.07) is 11.5. The number of carbonyl (C=O) groups excluding carboxylic acids is 1. The highest BCUT2D eigenvalue weighted by Crippen LogP contribution is 2.33. The zero-order chi connectivity index (χ0) is 21.9. The molecular formula is C20H26BF4NO2. The van der Waals surface area contributed by atoms with Crippen LogP contribution in [0.25, 0.3) is 11.1 Å². The molecule has 2 N–H and O–H groups in total. The zero-order valence-electron chi connectivity index (χ0n) is 16.9. The van der Waals surface area contributed by atoms with Crippen LogP contribution in [-0.2, 0) is 10.8 Å². The van der Waals surface area contributed by atoms with Gasteiger partial charge in [0.1, 0.15) is 0 Å². The van der Waals surface area contributed by atoms with E-state index in [1.807, 2.05) is 12.1 Å². The normalized spacial score (nSPS) is 12.2. The van der Waals surface area contributed by atoms with Crippen LogP contribution in [0, 0.1) is 0 Å².